The third-order valence-electron chi connectivity index (χ3n) is 10.4. The molecule has 3 aliphatic heterocycles. The van der Waals surface area contributed by atoms with Gasteiger partial charge in [0.05, 0.1) is 11.3 Å². The van der Waals surface area contributed by atoms with E-state index in [9.17, 15) is 0 Å². The van der Waals surface area contributed by atoms with E-state index >= 15 is 8.78 Å². The number of amidine groups is 1. The largest absolute Gasteiger partial charge is 0.461 e. The summed E-state index contributed by atoms with van der Waals surface area (Å²) < 4.78 is 38.4. The maximum Gasteiger partial charge on any atom is 0.318 e. The average Bonchev–Trinajstić information content (AvgIpc) is 3.70. The fourth-order valence-corrected chi connectivity index (χ4v) is 8.14. The second-order valence-corrected chi connectivity index (χ2v) is 13.3. The number of hydrogen-bond donors (Lipinski definition) is 0. The number of fused-ring (bicyclic) bond motifs is 4. The minimum absolute atomic E-state index is 0.00815. The van der Waals surface area contributed by atoms with Crippen LogP contribution in [0.25, 0.3) is 11.8 Å². The van der Waals surface area contributed by atoms with Gasteiger partial charge >= 0.3 is 6.02 Å². The molecule has 4 fully saturated rings. The van der Waals surface area contributed by atoms with Crippen LogP contribution in [0, 0.1) is 11.8 Å². The van der Waals surface area contributed by atoms with Crippen molar-refractivity contribution < 1.29 is 13.5 Å². The predicted molar refractivity (Wildman–Crippen MR) is 176 cm³/mol. The number of aliphatic imine (C=N–C) groups is 3. The summed E-state index contributed by atoms with van der Waals surface area (Å²) in [6, 6.07) is 5.59. The van der Waals surface area contributed by atoms with E-state index < -0.39 is 12.0 Å². The van der Waals surface area contributed by atoms with Crippen LogP contribution in [0.3, 0.4) is 0 Å². The molecule has 3 saturated heterocycles. The number of ether oxygens (including phenoxy) is 1. The van der Waals surface area contributed by atoms with Crippen LogP contribution in [0.2, 0.25) is 0 Å². The van der Waals surface area contributed by atoms with Crippen molar-refractivity contribution in [3.8, 4) is 0 Å². The van der Waals surface area contributed by atoms with E-state index in [1.807, 2.05) is 18.2 Å². The molecule has 0 radical (unpaired) electrons. The summed E-state index contributed by atoms with van der Waals surface area (Å²) in [5, 5.41) is 0. The number of benzene rings is 1. The Morgan fingerprint density at radius 2 is 1.84 bits per heavy atom. The molecule has 1 aromatic carbocycles. The number of halogens is 2. The van der Waals surface area contributed by atoms with Gasteiger partial charge < -0.3 is 9.64 Å². The van der Waals surface area contributed by atoms with E-state index in [1.165, 1.54) is 19.3 Å². The lowest BCUT2D eigenvalue weighted by atomic mass is 9.90. The number of alkyl halides is 1. The van der Waals surface area contributed by atoms with Gasteiger partial charge in [-0.25, -0.2) is 8.78 Å². The van der Waals surface area contributed by atoms with Crippen molar-refractivity contribution >= 4 is 29.7 Å². The highest BCUT2D eigenvalue weighted by atomic mass is 19.1. The minimum Gasteiger partial charge on any atom is -0.461 e. The fourth-order valence-electron chi connectivity index (χ4n) is 8.14. The van der Waals surface area contributed by atoms with Gasteiger partial charge in [-0.15, -0.1) is 0 Å². The molecular formula is C36H47F2N5O. The molecule has 236 valence electrons. The van der Waals surface area contributed by atoms with E-state index in [0.717, 1.165) is 70.3 Å². The Balaban J connectivity index is 1.34. The molecule has 2 aliphatic carbocycles. The Hall–Kier alpha value is -3.13. The van der Waals surface area contributed by atoms with Crippen LogP contribution in [0.15, 0.2) is 57.5 Å². The normalized spacial score (nSPS) is 28.4. The van der Waals surface area contributed by atoms with Gasteiger partial charge in [-0.3, -0.25) is 9.89 Å². The van der Waals surface area contributed by atoms with E-state index in [2.05, 4.69) is 32.4 Å². The Morgan fingerprint density at radius 3 is 2.57 bits per heavy atom. The molecule has 6 nitrogen and oxygen atoms in total. The molecule has 3 heterocycles. The molecule has 5 aliphatic rings. The molecular weight excluding hydrogens is 556 g/mol. The molecule has 0 spiro atoms. The molecule has 8 heteroatoms. The monoisotopic (exact) mass is 603 g/mol. The topological polar surface area (TPSA) is 52.8 Å². The molecule has 6 rings (SSSR count). The first-order valence-corrected chi connectivity index (χ1v) is 16.7. The van der Waals surface area contributed by atoms with Crippen LogP contribution in [0.4, 0.5) is 8.78 Å². The van der Waals surface area contributed by atoms with Crippen molar-refractivity contribution in [1.82, 2.24) is 9.80 Å². The van der Waals surface area contributed by atoms with Crippen molar-refractivity contribution in [3.05, 3.63) is 59.2 Å². The first-order valence-electron chi connectivity index (χ1n) is 16.7. The zero-order valence-electron chi connectivity index (χ0n) is 26.4. The Labute approximate surface area is 261 Å². The zero-order valence-corrected chi connectivity index (χ0v) is 26.4. The van der Waals surface area contributed by atoms with Gasteiger partial charge in [0.25, 0.3) is 0 Å². The van der Waals surface area contributed by atoms with Crippen molar-refractivity contribution in [3.63, 3.8) is 0 Å². The van der Waals surface area contributed by atoms with Crippen LogP contribution in [-0.4, -0.2) is 66.1 Å². The summed E-state index contributed by atoms with van der Waals surface area (Å²) in [5.74, 6) is 1.35. The lowest BCUT2D eigenvalue weighted by molar-refractivity contribution is 0.105. The van der Waals surface area contributed by atoms with Crippen molar-refractivity contribution in [1.29, 1.82) is 0 Å². The lowest BCUT2D eigenvalue weighted by Gasteiger charge is -2.33. The van der Waals surface area contributed by atoms with E-state index in [1.54, 1.807) is 26.1 Å². The van der Waals surface area contributed by atoms with Crippen LogP contribution in [0.5, 0.6) is 0 Å². The van der Waals surface area contributed by atoms with Gasteiger partial charge in [0.1, 0.15) is 24.3 Å². The molecule has 2 bridgehead atoms. The number of allylic oxidation sites excluding steroid dienone is 2. The number of rotatable bonds is 7. The van der Waals surface area contributed by atoms with E-state index in [-0.39, 0.29) is 23.0 Å². The molecule has 0 aromatic heterocycles. The van der Waals surface area contributed by atoms with Gasteiger partial charge in [0.2, 0.25) is 0 Å². The molecule has 44 heavy (non-hydrogen) atoms. The summed E-state index contributed by atoms with van der Waals surface area (Å²) in [6.07, 6.45) is 14.5. The molecule has 3 atom stereocenters. The summed E-state index contributed by atoms with van der Waals surface area (Å²) in [7, 11) is 0. The smallest absolute Gasteiger partial charge is 0.318 e. The minimum atomic E-state index is -1.21. The van der Waals surface area contributed by atoms with Gasteiger partial charge in [-0.05, 0) is 109 Å². The first-order chi connectivity index (χ1) is 21.4. The highest BCUT2D eigenvalue weighted by molar-refractivity contribution is 6.08. The molecule has 0 amide bonds. The van der Waals surface area contributed by atoms with Crippen molar-refractivity contribution in [2.45, 2.75) is 89.8 Å². The fraction of sp³-hybridized carbons (Fsp3) is 0.583. The maximum absolute atomic E-state index is 16.5. The summed E-state index contributed by atoms with van der Waals surface area (Å²) in [5.41, 5.74) is 1.85. The van der Waals surface area contributed by atoms with Gasteiger partial charge in [0, 0.05) is 30.4 Å². The number of likely N-dealkylation sites (tertiary alicyclic amines) is 1. The number of hydrogen-bond acceptors (Lipinski definition) is 5. The molecule has 3 unspecified atom stereocenters. The second-order valence-electron chi connectivity index (χ2n) is 13.3. The van der Waals surface area contributed by atoms with E-state index in [0.29, 0.717) is 41.8 Å². The van der Waals surface area contributed by atoms with Crippen LogP contribution in [0.1, 0.15) is 101 Å². The summed E-state index contributed by atoms with van der Waals surface area (Å²) in [6.45, 7) is 12.2. The SMILES string of the molecule is C=C(\N=C(/N=C(C)/C(F)=C(\N=C/C)c1cccc2c1C(F)CCC/C=C\2)OCC12CCCN1CCC2)N1CC2CCC(C2)C1. The number of piperidine rings is 1. The van der Waals surface area contributed by atoms with E-state index in [4.69, 9.17) is 9.73 Å². The quantitative estimate of drug-likeness (QED) is 0.233. The van der Waals surface area contributed by atoms with Gasteiger partial charge in [-0.1, -0.05) is 36.9 Å². The van der Waals surface area contributed by atoms with Crippen LogP contribution in [-0.2, 0) is 4.74 Å². The number of nitrogens with zero attached hydrogens (tertiary/aromatic N) is 5. The highest BCUT2D eigenvalue weighted by Crippen LogP contribution is 2.40. The van der Waals surface area contributed by atoms with Crippen molar-refractivity contribution in [2.75, 3.05) is 32.8 Å². The van der Waals surface area contributed by atoms with Gasteiger partial charge in [0.15, 0.2) is 5.83 Å². The third kappa shape index (κ3) is 6.46. The Kier molecular flexibility index (Phi) is 9.45. The van der Waals surface area contributed by atoms with Crippen LogP contribution >= 0.6 is 0 Å². The average molecular weight is 604 g/mol. The Bertz CT molecular complexity index is 1370. The van der Waals surface area contributed by atoms with Crippen molar-refractivity contribution in [2.24, 2.45) is 26.8 Å². The zero-order chi connectivity index (χ0) is 30.7. The van der Waals surface area contributed by atoms with Gasteiger partial charge in [-0.2, -0.15) is 9.98 Å². The molecule has 1 aromatic rings. The molecule has 1 saturated carbocycles. The Morgan fingerprint density at radius 1 is 1.09 bits per heavy atom. The molecule has 0 N–H and O–H groups in total. The summed E-state index contributed by atoms with van der Waals surface area (Å²) >= 11 is 0. The maximum atomic E-state index is 16.5. The highest BCUT2D eigenvalue weighted by Gasteiger charge is 2.45. The lowest BCUT2D eigenvalue weighted by Crippen LogP contribution is -2.43. The second kappa shape index (κ2) is 13.5. The third-order valence-corrected chi connectivity index (χ3v) is 10.4. The standard InChI is InChI=1S/C36H47F2N5O/c1-4-39-34(30-13-8-12-29-11-6-5-7-14-31(37)32(29)30)33(38)25(2)40-35(44-24-36-17-9-19-43(36)20-10-18-36)41-26(3)42-22-27-15-16-28(21-27)23-42/h4,6,8,11-13,27-28,31H,3,5,7,9-10,14-24H2,1-2H3/b11-6-,34-33+,39-4-,40-25+,41-35+. The first kappa shape index (κ1) is 30.9. The summed E-state index contributed by atoms with van der Waals surface area (Å²) in [4.78, 5) is 18.6. The van der Waals surface area contributed by atoms with Crippen LogP contribution < -0.4 is 0 Å². The predicted octanol–water partition coefficient (Wildman–Crippen LogP) is 8.29.